The Morgan fingerprint density at radius 1 is 0.700 bits per heavy atom. The summed E-state index contributed by atoms with van der Waals surface area (Å²) in [6.07, 6.45) is 4.44. The van der Waals surface area contributed by atoms with E-state index in [0.29, 0.717) is 5.41 Å². The molecule has 5 heteroatoms. The zero-order chi connectivity index (χ0) is 23.2. The van der Waals surface area contributed by atoms with Crippen molar-refractivity contribution >= 4 is 11.8 Å². The number of hydrogen-bond acceptors (Lipinski definition) is 3. The van der Waals surface area contributed by atoms with Gasteiger partial charge in [0, 0.05) is 38.1 Å². The largest absolute Gasteiger partial charge is 0.381 e. The van der Waals surface area contributed by atoms with E-state index in [-0.39, 0.29) is 34.5 Å². The first-order chi connectivity index (χ1) is 13.6. The minimum atomic E-state index is 0.129. The zero-order valence-corrected chi connectivity index (χ0v) is 21.1. The van der Waals surface area contributed by atoms with E-state index in [2.05, 4.69) is 72.9 Å². The molecule has 0 saturated carbocycles. The average Bonchev–Trinajstić information content (AvgIpc) is 3.25. The van der Waals surface area contributed by atoms with Gasteiger partial charge in [0.2, 0.25) is 11.8 Å². The summed E-state index contributed by atoms with van der Waals surface area (Å²) in [5.74, 6) is 1.71. The minimum absolute atomic E-state index is 0.129. The number of rotatable bonds is 0. The molecule has 2 N–H and O–H groups in total. The Morgan fingerprint density at radius 3 is 1.47 bits per heavy atom. The van der Waals surface area contributed by atoms with Gasteiger partial charge >= 0.3 is 0 Å². The smallest absolute Gasteiger partial charge is 0.223 e. The van der Waals surface area contributed by atoms with Gasteiger partial charge in [-0.2, -0.15) is 0 Å². The van der Waals surface area contributed by atoms with Crippen LogP contribution >= 0.6 is 0 Å². The van der Waals surface area contributed by atoms with Crippen molar-refractivity contribution in [3.63, 3.8) is 0 Å². The highest BCUT2D eigenvalue weighted by atomic mass is 16.5. The summed E-state index contributed by atoms with van der Waals surface area (Å²) in [6, 6.07) is 0. The summed E-state index contributed by atoms with van der Waals surface area (Å²) in [6.45, 7) is 23.3. The summed E-state index contributed by atoms with van der Waals surface area (Å²) in [5, 5.41) is 5.74. The van der Waals surface area contributed by atoms with Crippen molar-refractivity contribution in [2.45, 2.75) is 88.0 Å². The molecule has 3 rings (SSSR count). The molecule has 0 aromatic rings. The monoisotopic (exact) mass is 424 g/mol. The first kappa shape index (κ1) is 26.9. The maximum atomic E-state index is 11.3. The molecule has 3 fully saturated rings. The number of hydrogen-bond donors (Lipinski definition) is 2. The van der Waals surface area contributed by atoms with Crippen LogP contribution in [0.25, 0.3) is 0 Å². The number of nitrogens with one attached hydrogen (secondary N) is 2. The number of piperidine rings is 1. The summed E-state index contributed by atoms with van der Waals surface area (Å²) in [7, 11) is 0. The molecule has 5 nitrogen and oxygen atoms in total. The predicted molar refractivity (Wildman–Crippen MR) is 124 cm³/mol. The van der Waals surface area contributed by atoms with E-state index in [9.17, 15) is 9.59 Å². The summed E-state index contributed by atoms with van der Waals surface area (Å²) >= 11 is 0. The van der Waals surface area contributed by atoms with Crippen LogP contribution in [0, 0.1) is 34.0 Å². The third-order valence-corrected chi connectivity index (χ3v) is 6.58. The fourth-order valence-corrected chi connectivity index (χ4v) is 4.24. The number of amides is 2. The normalized spacial score (nSPS) is 27.3. The molecule has 0 aromatic carbocycles. The van der Waals surface area contributed by atoms with Crippen LogP contribution in [0.3, 0.4) is 0 Å². The Kier molecular flexibility index (Phi) is 9.85. The van der Waals surface area contributed by atoms with Crippen LogP contribution in [0.2, 0.25) is 0 Å². The van der Waals surface area contributed by atoms with E-state index >= 15 is 0 Å². The highest BCUT2D eigenvalue weighted by molar-refractivity contribution is 5.81. The van der Waals surface area contributed by atoms with Crippen molar-refractivity contribution in [1.82, 2.24) is 10.6 Å². The van der Waals surface area contributed by atoms with E-state index < -0.39 is 0 Å². The van der Waals surface area contributed by atoms with Gasteiger partial charge in [-0.3, -0.25) is 9.59 Å². The summed E-state index contributed by atoms with van der Waals surface area (Å²) in [5.41, 5.74) is 0.724. The van der Waals surface area contributed by atoms with Gasteiger partial charge in [0.15, 0.2) is 0 Å². The second-order valence-electron chi connectivity index (χ2n) is 12.3. The molecule has 0 aliphatic carbocycles. The van der Waals surface area contributed by atoms with E-state index in [1.807, 2.05) is 0 Å². The molecule has 0 spiro atoms. The minimum Gasteiger partial charge on any atom is -0.381 e. The molecule has 3 atom stereocenters. The van der Waals surface area contributed by atoms with E-state index in [1.165, 1.54) is 6.42 Å². The molecule has 0 bridgehead atoms. The number of carbonyl (C=O) groups is 2. The highest BCUT2D eigenvalue weighted by Gasteiger charge is 2.34. The fraction of sp³-hybridized carbons (Fsp3) is 0.920. The second-order valence-corrected chi connectivity index (χ2v) is 12.3. The van der Waals surface area contributed by atoms with Gasteiger partial charge in [0.05, 0.1) is 0 Å². The molecule has 0 aromatic heterocycles. The van der Waals surface area contributed by atoms with Crippen molar-refractivity contribution in [1.29, 1.82) is 0 Å². The molecule has 3 aliphatic rings. The SMILES string of the molecule is CC(C)(C)C1CCCNC1=O.CC(C)(C)C1CCNC1=O.CC(C)(C)C1CCOC1. The van der Waals surface area contributed by atoms with Gasteiger partial charge in [0.25, 0.3) is 0 Å². The Balaban J connectivity index is 0.000000226. The van der Waals surface area contributed by atoms with Crippen molar-refractivity contribution in [2.75, 3.05) is 26.3 Å². The van der Waals surface area contributed by atoms with E-state index in [4.69, 9.17) is 4.74 Å². The summed E-state index contributed by atoms with van der Waals surface area (Å²) < 4.78 is 5.28. The van der Waals surface area contributed by atoms with Gasteiger partial charge in [-0.25, -0.2) is 0 Å². The molecular weight excluding hydrogens is 376 g/mol. The van der Waals surface area contributed by atoms with Gasteiger partial charge in [-0.15, -0.1) is 0 Å². The van der Waals surface area contributed by atoms with E-state index in [0.717, 1.165) is 51.5 Å². The summed E-state index contributed by atoms with van der Waals surface area (Å²) in [4.78, 5) is 22.4. The Morgan fingerprint density at radius 2 is 1.20 bits per heavy atom. The van der Waals surface area contributed by atoms with Gasteiger partial charge in [0.1, 0.15) is 0 Å². The standard InChI is InChI=1S/C9H17NO.C8H15NO.C8H16O/c1-9(2,3)7-5-4-6-10-8(7)11;1-8(2,3)6-4-5-9-7(6)10;1-8(2,3)7-4-5-9-6-7/h7H,4-6H2,1-3H3,(H,10,11);6H,4-5H2,1-3H3,(H,9,10);7H,4-6H2,1-3H3. The van der Waals surface area contributed by atoms with Crippen LogP contribution in [-0.4, -0.2) is 38.1 Å². The predicted octanol–water partition coefficient (Wildman–Crippen LogP) is 4.80. The lowest BCUT2D eigenvalue weighted by molar-refractivity contribution is -0.130. The van der Waals surface area contributed by atoms with Gasteiger partial charge < -0.3 is 15.4 Å². The molecule has 3 unspecified atom stereocenters. The quantitative estimate of drug-likeness (QED) is 0.587. The molecule has 0 radical (unpaired) electrons. The lowest BCUT2D eigenvalue weighted by Crippen LogP contribution is -2.42. The van der Waals surface area contributed by atoms with Crippen molar-refractivity contribution in [3.05, 3.63) is 0 Å². The van der Waals surface area contributed by atoms with E-state index in [1.54, 1.807) is 0 Å². The third-order valence-electron chi connectivity index (χ3n) is 6.58. The maximum absolute atomic E-state index is 11.3. The molecule has 3 saturated heterocycles. The Labute approximate surface area is 185 Å². The van der Waals surface area contributed by atoms with Crippen molar-refractivity contribution < 1.29 is 14.3 Å². The van der Waals surface area contributed by atoms with Crippen LogP contribution in [-0.2, 0) is 14.3 Å². The molecule has 3 aliphatic heterocycles. The average molecular weight is 425 g/mol. The molecule has 3 heterocycles. The lowest BCUT2D eigenvalue weighted by Gasteiger charge is -2.32. The number of ether oxygens (including phenoxy) is 1. The number of carbonyl (C=O) groups excluding carboxylic acids is 2. The molecular formula is C25H48N2O3. The third kappa shape index (κ3) is 8.95. The topological polar surface area (TPSA) is 67.4 Å². The van der Waals surface area contributed by atoms with Crippen LogP contribution in [0.4, 0.5) is 0 Å². The Bertz CT molecular complexity index is 546. The molecule has 30 heavy (non-hydrogen) atoms. The van der Waals surface area contributed by atoms with Crippen LogP contribution in [0.15, 0.2) is 0 Å². The molecule has 176 valence electrons. The fourth-order valence-electron chi connectivity index (χ4n) is 4.24. The second kappa shape index (κ2) is 11.0. The van der Waals surface area contributed by atoms with Crippen LogP contribution < -0.4 is 10.6 Å². The Hall–Kier alpha value is -1.10. The van der Waals surface area contributed by atoms with Crippen molar-refractivity contribution in [3.8, 4) is 0 Å². The first-order valence-electron chi connectivity index (χ1n) is 11.8. The maximum Gasteiger partial charge on any atom is 0.223 e. The highest BCUT2D eigenvalue weighted by Crippen LogP contribution is 2.32. The van der Waals surface area contributed by atoms with Crippen LogP contribution in [0.1, 0.15) is 88.0 Å². The zero-order valence-electron chi connectivity index (χ0n) is 21.1. The van der Waals surface area contributed by atoms with Gasteiger partial charge in [-0.1, -0.05) is 62.3 Å². The van der Waals surface area contributed by atoms with Crippen LogP contribution in [0.5, 0.6) is 0 Å². The van der Waals surface area contributed by atoms with Crippen molar-refractivity contribution in [2.24, 2.45) is 34.0 Å². The molecule has 2 amide bonds. The van der Waals surface area contributed by atoms with Gasteiger partial charge in [-0.05, 0) is 47.8 Å². The first-order valence-corrected chi connectivity index (χ1v) is 11.8. The lowest BCUT2D eigenvalue weighted by atomic mass is 9.76.